The van der Waals surface area contributed by atoms with Gasteiger partial charge in [0.2, 0.25) is 0 Å². The lowest BCUT2D eigenvalue weighted by Gasteiger charge is -2.05. The fraction of sp³-hybridized carbons (Fsp3) is 0.167. The molecule has 0 unspecified atom stereocenters. The highest BCUT2D eigenvalue weighted by atomic mass is 35.5. The van der Waals surface area contributed by atoms with Gasteiger partial charge in [0.1, 0.15) is 17.0 Å². The summed E-state index contributed by atoms with van der Waals surface area (Å²) in [4.78, 5) is 15.6. The summed E-state index contributed by atoms with van der Waals surface area (Å²) >= 11 is 7.40. The lowest BCUT2D eigenvalue weighted by Crippen LogP contribution is -2.14. The number of nitrogens with two attached hydrogens (primary N) is 1. The van der Waals surface area contributed by atoms with Gasteiger partial charge in [-0.15, -0.1) is 0 Å². The predicted molar refractivity (Wildman–Crippen MR) is 72.0 cm³/mol. The monoisotopic (exact) mass is 296 g/mol. The number of primary amides is 1. The van der Waals surface area contributed by atoms with E-state index in [1.54, 1.807) is 4.57 Å². The number of halogens is 1. The average Bonchev–Trinajstić information content (AvgIpc) is 2.68. The molecule has 0 aliphatic carbocycles. The number of nitrogens with zero attached hydrogens (tertiary/aromatic N) is 2. The zero-order valence-electron chi connectivity index (χ0n) is 10.1. The minimum absolute atomic E-state index is 0.0262. The first-order valence-corrected chi connectivity index (χ1v) is 6.54. The molecule has 1 radical (unpaired) electrons. The molecule has 1 amide bonds. The lowest BCUT2D eigenvalue weighted by molar-refractivity contribution is 0.146. The van der Waals surface area contributed by atoms with Gasteiger partial charge in [0.25, 0.3) is 0 Å². The maximum absolute atomic E-state index is 10.6. The van der Waals surface area contributed by atoms with E-state index in [9.17, 15) is 4.79 Å². The van der Waals surface area contributed by atoms with Crippen molar-refractivity contribution >= 4 is 29.5 Å². The summed E-state index contributed by atoms with van der Waals surface area (Å²) in [7, 11) is 1.82. The number of benzene rings is 1. The molecule has 99 valence electrons. The fourth-order valence-electron chi connectivity index (χ4n) is 1.38. The molecule has 0 saturated heterocycles. The molecule has 0 fully saturated rings. The van der Waals surface area contributed by atoms with Crippen LogP contribution in [-0.4, -0.2) is 15.6 Å². The summed E-state index contributed by atoms with van der Waals surface area (Å²) in [6, 6.07) is 7.48. The molecule has 2 N–H and O–H groups in total. The predicted octanol–water partition coefficient (Wildman–Crippen LogP) is 2.62. The molecule has 2 rings (SSSR count). The summed E-state index contributed by atoms with van der Waals surface area (Å²) < 4.78 is 6.48. The van der Waals surface area contributed by atoms with Crippen LogP contribution in [0.15, 0.2) is 34.2 Å². The Balaban J connectivity index is 2.11. The minimum Gasteiger partial charge on any atom is -0.442 e. The van der Waals surface area contributed by atoms with Gasteiger partial charge in [0, 0.05) is 17.0 Å². The summed E-state index contributed by atoms with van der Waals surface area (Å²) in [5, 5.41) is 1.47. The maximum atomic E-state index is 10.6. The van der Waals surface area contributed by atoms with Crippen molar-refractivity contribution < 1.29 is 9.53 Å². The summed E-state index contributed by atoms with van der Waals surface area (Å²) in [6.07, 6.45) is 2.04. The zero-order valence-corrected chi connectivity index (χ0v) is 11.7. The number of imidazole rings is 1. The zero-order chi connectivity index (χ0) is 13.8. The van der Waals surface area contributed by atoms with Gasteiger partial charge >= 0.3 is 6.09 Å². The second-order valence-corrected chi connectivity index (χ2v) is 5.17. The Morgan fingerprint density at radius 3 is 3.11 bits per heavy atom. The van der Waals surface area contributed by atoms with Gasteiger partial charge in [0.15, 0.2) is 6.61 Å². The van der Waals surface area contributed by atoms with Crippen LogP contribution in [0.25, 0.3) is 0 Å². The Labute approximate surface area is 119 Å². The van der Waals surface area contributed by atoms with Gasteiger partial charge in [-0.3, -0.25) is 0 Å². The van der Waals surface area contributed by atoms with Gasteiger partial charge in [-0.05, 0) is 18.2 Å². The van der Waals surface area contributed by atoms with E-state index in [1.165, 1.54) is 11.8 Å². The first-order chi connectivity index (χ1) is 9.06. The van der Waals surface area contributed by atoms with Gasteiger partial charge in [-0.2, -0.15) is 0 Å². The first kappa shape index (κ1) is 13.8. The Bertz CT molecular complexity index is 600. The van der Waals surface area contributed by atoms with Crippen molar-refractivity contribution in [1.82, 2.24) is 9.55 Å². The van der Waals surface area contributed by atoms with E-state index in [-0.39, 0.29) is 6.61 Å². The van der Waals surface area contributed by atoms with Gasteiger partial charge in [-0.1, -0.05) is 29.4 Å². The number of carbonyl (C=O) groups is 1. The molecule has 1 aromatic carbocycles. The van der Waals surface area contributed by atoms with Crippen LogP contribution >= 0.6 is 23.4 Å². The molecule has 0 spiro atoms. The van der Waals surface area contributed by atoms with Crippen molar-refractivity contribution in [3.05, 3.63) is 41.3 Å². The maximum Gasteiger partial charge on any atom is 0.404 e. The number of carbonyl (C=O) groups excluding carboxylic acids is 1. The number of rotatable bonds is 4. The molecule has 5 nitrogen and oxygen atoms in total. The second-order valence-electron chi connectivity index (χ2n) is 3.67. The van der Waals surface area contributed by atoms with Crippen molar-refractivity contribution in [2.45, 2.75) is 16.5 Å². The quantitative estimate of drug-likeness (QED) is 0.941. The summed E-state index contributed by atoms with van der Waals surface area (Å²) in [6.45, 7) is 0.0262. The van der Waals surface area contributed by atoms with Crippen LogP contribution < -0.4 is 5.73 Å². The molecule has 19 heavy (non-hydrogen) atoms. The third-order valence-electron chi connectivity index (χ3n) is 2.33. The van der Waals surface area contributed by atoms with Crippen molar-refractivity contribution in [2.24, 2.45) is 12.8 Å². The minimum atomic E-state index is -0.827. The number of aromatic nitrogens is 2. The Hall–Kier alpha value is -1.66. The van der Waals surface area contributed by atoms with E-state index in [4.69, 9.17) is 22.1 Å². The van der Waals surface area contributed by atoms with Crippen LogP contribution in [0.2, 0.25) is 5.02 Å². The van der Waals surface area contributed by atoms with Crippen LogP contribution in [0, 0.1) is 6.20 Å². The molecule has 0 bridgehead atoms. The van der Waals surface area contributed by atoms with Crippen LogP contribution in [0.5, 0.6) is 0 Å². The van der Waals surface area contributed by atoms with Crippen LogP contribution in [0.4, 0.5) is 4.79 Å². The molecule has 1 aromatic heterocycles. The standard InChI is InChI=1S/C12H11ClN3O2S/c1-16-10(7-18-12(14)17)15-6-11(16)19-9-4-2-3-8(13)5-9/h2-5H,7H2,1H3,(H2,14,17). The molecule has 2 aromatic rings. The van der Waals surface area contributed by atoms with Crippen molar-refractivity contribution in [3.63, 3.8) is 0 Å². The van der Waals surface area contributed by atoms with E-state index in [1.807, 2.05) is 31.3 Å². The second kappa shape index (κ2) is 5.99. The highest BCUT2D eigenvalue weighted by Gasteiger charge is 2.10. The number of amides is 1. The molecule has 0 aliphatic heterocycles. The van der Waals surface area contributed by atoms with E-state index >= 15 is 0 Å². The third kappa shape index (κ3) is 3.65. The summed E-state index contributed by atoms with van der Waals surface area (Å²) in [5.74, 6) is 0.573. The molecular formula is C12H11ClN3O2S. The third-order valence-corrected chi connectivity index (χ3v) is 3.61. The molecule has 1 heterocycles. The normalized spacial score (nSPS) is 10.4. The van der Waals surface area contributed by atoms with Gasteiger partial charge in [-0.25, -0.2) is 9.78 Å². The Kier molecular flexibility index (Phi) is 4.34. The van der Waals surface area contributed by atoms with Gasteiger partial charge in [0.05, 0.1) is 0 Å². The molecule has 0 aliphatic rings. The van der Waals surface area contributed by atoms with Crippen LogP contribution in [-0.2, 0) is 18.4 Å². The number of ether oxygens (including phenoxy) is 1. The van der Waals surface area contributed by atoms with E-state index in [0.717, 1.165) is 9.92 Å². The first-order valence-electron chi connectivity index (χ1n) is 5.35. The number of hydrogen-bond donors (Lipinski definition) is 1. The van der Waals surface area contributed by atoms with E-state index in [0.29, 0.717) is 10.8 Å². The largest absolute Gasteiger partial charge is 0.442 e. The molecule has 0 saturated carbocycles. The topological polar surface area (TPSA) is 70.1 Å². The van der Waals surface area contributed by atoms with Gasteiger partial charge < -0.3 is 15.0 Å². The molecule has 0 atom stereocenters. The highest BCUT2D eigenvalue weighted by Crippen LogP contribution is 2.29. The molecular weight excluding hydrogens is 286 g/mol. The van der Waals surface area contributed by atoms with Crippen molar-refractivity contribution in [2.75, 3.05) is 0 Å². The number of hydrogen-bond acceptors (Lipinski definition) is 4. The summed E-state index contributed by atoms with van der Waals surface area (Å²) in [5.41, 5.74) is 4.91. The average molecular weight is 297 g/mol. The molecule has 7 heteroatoms. The van der Waals surface area contributed by atoms with E-state index in [2.05, 4.69) is 11.2 Å². The highest BCUT2D eigenvalue weighted by molar-refractivity contribution is 7.99. The Morgan fingerprint density at radius 2 is 2.42 bits per heavy atom. The van der Waals surface area contributed by atoms with Crippen LogP contribution in [0.3, 0.4) is 0 Å². The van der Waals surface area contributed by atoms with Crippen LogP contribution in [0.1, 0.15) is 5.82 Å². The van der Waals surface area contributed by atoms with E-state index < -0.39 is 6.09 Å². The smallest absolute Gasteiger partial charge is 0.404 e. The lowest BCUT2D eigenvalue weighted by atomic mass is 10.4. The Morgan fingerprint density at radius 1 is 1.63 bits per heavy atom. The fourth-order valence-corrected chi connectivity index (χ4v) is 2.52. The SMILES string of the molecule is Cn1c(Sc2cccc(Cl)c2)[c]nc1COC(N)=O. The van der Waals surface area contributed by atoms with Crippen molar-refractivity contribution in [3.8, 4) is 0 Å². The van der Waals surface area contributed by atoms with Crippen molar-refractivity contribution in [1.29, 1.82) is 0 Å².